The van der Waals surface area contributed by atoms with Gasteiger partial charge >= 0.3 is 0 Å². The van der Waals surface area contributed by atoms with Crippen LogP contribution in [0.25, 0.3) is 0 Å². The van der Waals surface area contributed by atoms with Crippen LogP contribution in [0.4, 0.5) is 0 Å². The molecule has 2 rings (SSSR count). The van der Waals surface area contributed by atoms with Crippen molar-refractivity contribution < 1.29 is 9.53 Å². The van der Waals surface area contributed by atoms with Gasteiger partial charge in [0.1, 0.15) is 5.75 Å². The lowest BCUT2D eigenvalue weighted by Gasteiger charge is -2.08. The van der Waals surface area contributed by atoms with E-state index in [1.165, 1.54) is 0 Å². The van der Waals surface area contributed by atoms with E-state index in [1.54, 1.807) is 24.4 Å². The van der Waals surface area contributed by atoms with E-state index in [-0.39, 0.29) is 5.91 Å². The van der Waals surface area contributed by atoms with Gasteiger partial charge < -0.3 is 4.74 Å². The number of hydrazone groups is 1. The molecule has 1 N–H and O–H groups in total. The van der Waals surface area contributed by atoms with E-state index < -0.39 is 0 Å². The molecule has 0 bridgehead atoms. The summed E-state index contributed by atoms with van der Waals surface area (Å²) in [5.74, 6) is 1.07. The third-order valence-electron chi connectivity index (χ3n) is 2.93. The monoisotopic (exact) mass is 374 g/mol. The second-order valence-electron chi connectivity index (χ2n) is 5.48. The first-order chi connectivity index (χ1) is 11.0. The third kappa shape index (κ3) is 5.87. The number of nitrogens with zero attached hydrogens (tertiary/aromatic N) is 1. The van der Waals surface area contributed by atoms with Crippen molar-refractivity contribution in [3.63, 3.8) is 0 Å². The largest absolute Gasteiger partial charge is 0.493 e. The summed E-state index contributed by atoms with van der Waals surface area (Å²) in [5, 5.41) is 3.97. The molecule has 23 heavy (non-hydrogen) atoms. The molecule has 2 aromatic carbocycles. The molecule has 0 atom stereocenters. The Balaban J connectivity index is 1.89. The maximum absolute atomic E-state index is 11.9. The molecule has 5 heteroatoms. The van der Waals surface area contributed by atoms with Crippen LogP contribution in [-0.4, -0.2) is 18.7 Å². The van der Waals surface area contributed by atoms with Gasteiger partial charge in [0, 0.05) is 10.0 Å². The summed E-state index contributed by atoms with van der Waals surface area (Å²) < 4.78 is 6.47. The topological polar surface area (TPSA) is 50.7 Å². The first kappa shape index (κ1) is 17.2. The van der Waals surface area contributed by atoms with Crippen LogP contribution in [0.1, 0.15) is 29.8 Å². The van der Waals surface area contributed by atoms with Crippen LogP contribution >= 0.6 is 15.9 Å². The normalized spacial score (nSPS) is 11.0. The summed E-state index contributed by atoms with van der Waals surface area (Å²) in [7, 11) is 0. The molecular weight excluding hydrogens is 356 g/mol. The van der Waals surface area contributed by atoms with Gasteiger partial charge in [0.2, 0.25) is 0 Å². The highest BCUT2D eigenvalue weighted by atomic mass is 79.9. The fourth-order valence-electron chi connectivity index (χ4n) is 1.77. The van der Waals surface area contributed by atoms with Gasteiger partial charge in [0.25, 0.3) is 5.91 Å². The molecule has 0 spiro atoms. The number of ether oxygens (including phenoxy) is 1. The summed E-state index contributed by atoms with van der Waals surface area (Å²) in [5.41, 5.74) is 3.94. The minimum absolute atomic E-state index is 0.251. The number of hydrogen-bond acceptors (Lipinski definition) is 3. The first-order valence-electron chi connectivity index (χ1n) is 7.36. The van der Waals surface area contributed by atoms with Crippen LogP contribution in [0.2, 0.25) is 0 Å². The van der Waals surface area contributed by atoms with Crippen molar-refractivity contribution in [2.45, 2.75) is 13.8 Å². The zero-order chi connectivity index (χ0) is 16.7. The Labute approximate surface area is 144 Å². The van der Waals surface area contributed by atoms with E-state index in [0.29, 0.717) is 18.1 Å². The molecule has 0 fully saturated rings. The Kier molecular flexibility index (Phi) is 6.35. The lowest BCUT2D eigenvalue weighted by Crippen LogP contribution is -2.17. The Hall–Kier alpha value is -2.14. The molecule has 0 heterocycles. The van der Waals surface area contributed by atoms with E-state index in [0.717, 1.165) is 15.8 Å². The third-order valence-corrected chi connectivity index (χ3v) is 3.42. The number of halogens is 1. The number of rotatable bonds is 6. The van der Waals surface area contributed by atoms with E-state index >= 15 is 0 Å². The fourth-order valence-corrected chi connectivity index (χ4v) is 2.17. The molecule has 4 nitrogen and oxygen atoms in total. The maximum atomic E-state index is 11.9. The molecule has 1 amide bonds. The first-order valence-corrected chi connectivity index (χ1v) is 8.16. The van der Waals surface area contributed by atoms with Crippen LogP contribution in [0.5, 0.6) is 5.75 Å². The van der Waals surface area contributed by atoms with Crippen LogP contribution in [0.15, 0.2) is 58.1 Å². The van der Waals surface area contributed by atoms with Crippen molar-refractivity contribution >= 4 is 28.1 Å². The van der Waals surface area contributed by atoms with Crippen LogP contribution in [-0.2, 0) is 0 Å². The summed E-state index contributed by atoms with van der Waals surface area (Å²) in [6.45, 7) is 4.90. The van der Waals surface area contributed by atoms with E-state index in [4.69, 9.17) is 4.74 Å². The van der Waals surface area contributed by atoms with Gasteiger partial charge in [0.05, 0.1) is 12.8 Å². The molecule has 120 valence electrons. The number of carbonyl (C=O) groups excluding carboxylic acids is 1. The molecule has 0 saturated carbocycles. The SMILES string of the molecule is CC(C)COc1ccc(C=NNC(=O)c2cccc(Br)c2)cc1. The van der Waals surface area contributed by atoms with E-state index in [2.05, 4.69) is 40.3 Å². The van der Waals surface area contributed by atoms with Crippen molar-refractivity contribution in [3.05, 3.63) is 64.1 Å². The average Bonchev–Trinajstić information content (AvgIpc) is 2.54. The van der Waals surface area contributed by atoms with Gasteiger partial charge in [-0.25, -0.2) is 5.43 Å². The molecule has 0 unspecified atom stereocenters. The van der Waals surface area contributed by atoms with Crippen molar-refractivity contribution in [1.82, 2.24) is 5.43 Å². The predicted molar refractivity (Wildman–Crippen MR) is 96.0 cm³/mol. The Morgan fingerprint density at radius 3 is 2.65 bits per heavy atom. The van der Waals surface area contributed by atoms with Crippen molar-refractivity contribution in [1.29, 1.82) is 0 Å². The molecule has 2 aromatic rings. The quantitative estimate of drug-likeness (QED) is 0.606. The zero-order valence-corrected chi connectivity index (χ0v) is 14.7. The van der Waals surface area contributed by atoms with E-state index in [1.807, 2.05) is 30.3 Å². The molecular formula is C18H19BrN2O2. The second kappa shape index (κ2) is 8.48. The number of nitrogens with one attached hydrogen (secondary N) is 1. The second-order valence-corrected chi connectivity index (χ2v) is 6.40. The fraction of sp³-hybridized carbons (Fsp3) is 0.222. The summed E-state index contributed by atoms with van der Waals surface area (Å²) in [4.78, 5) is 11.9. The molecule has 0 aliphatic rings. The van der Waals surface area contributed by atoms with Gasteiger partial charge in [-0.3, -0.25) is 4.79 Å². The molecule has 0 saturated heterocycles. The van der Waals surface area contributed by atoms with Crippen molar-refractivity contribution in [2.24, 2.45) is 11.0 Å². The van der Waals surface area contributed by atoms with Crippen LogP contribution in [0, 0.1) is 5.92 Å². The van der Waals surface area contributed by atoms with Gasteiger partial charge in [-0.1, -0.05) is 35.8 Å². The Morgan fingerprint density at radius 2 is 2.00 bits per heavy atom. The van der Waals surface area contributed by atoms with Crippen LogP contribution < -0.4 is 10.2 Å². The number of amides is 1. The van der Waals surface area contributed by atoms with Gasteiger partial charge in [0.15, 0.2) is 0 Å². The predicted octanol–water partition coefficient (Wildman–Crippen LogP) is 4.25. The smallest absolute Gasteiger partial charge is 0.271 e. The van der Waals surface area contributed by atoms with Crippen LogP contribution in [0.3, 0.4) is 0 Å². The Bertz CT molecular complexity index is 682. The Morgan fingerprint density at radius 1 is 1.26 bits per heavy atom. The molecule has 0 aliphatic carbocycles. The lowest BCUT2D eigenvalue weighted by molar-refractivity contribution is 0.0955. The molecule has 0 radical (unpaired) electrons. The minimum Gasteiger partial charge on any atom is -0.493 e. The number of benzene rings is 2. The molecule has 0 aromatic heterocycles. The van der Waals surface area contributed by atoms with Gasteiger partial charge in [-0.15, -0.1) is 0 Å². The standard InChI is InChI=1S/C18H19BrN2O2/c1-13(2)12-23-17-8-6-14(7-9-17)11-20-21-18(22)15-4-3-5-16(19)10-15/h3-11,13H,12H2,1-2H3,(H,21,22). The summed E-state index contributed by atoms with van der Waals surface area (Å²) >= 11 is 3.33. The van der Waals surface area contributed by atoms with E-state index in [9.17, 15) is 4.79 Å². The summed E-state index contributed by atoms with van der Waals surface area (Å²) in [6, 6.07) is 14.7. The highest BCUT2D eigenvalue weighted by Gasteiger charge is 2.03. The van der Waals surface area contributed by atoms with Crippen molar-refractivity contribution in [2.75, 3.05) is 6.61 Å². The average molecular weight is 375 g/mol. The van der Waals surface area contributed by atoms with Gasteiger partial charge in [-0.05, 0) is 53.9 Å². The van der Waals surface area contributed by atoms with Gasteiger partial charge in [-0.2, -0.15) is 5.10 Å². The highest BCUT2D eigenvalue weighted by molar-refractivity contribution is 9.10. The van der Waals surface area contributed by atoms with Crippen molar-refractivity contribution in [3.8, 4) is 5.75 Å². The maximum Gasteiger partial charge on any atom is 0.271 e. The minimum atomic E-state index is -0.251. The highest BCUT2D eigenvalue weighted by Crippen LogP contribution is 2.13. The number of carbonyl (C=O) groups is 1. The summed E-state index contributed by atoms with van der Waals surface area (Å²) in [6.07, 6.45) is 1.60. The number of hydrogen-bond donors (Lipinski definition) is 1. The lowest BCUT2D eigenvalue weighted by atomic mass is 10.2. The molecule has 0 aliphatic heterocycles. The zero-order valence-electron chi connectivity index (χ0n) is 13.1.